The topological polar surface area (TPSA) is 46.3 Å². The molecule has 1 aliphatic rings. The zero-order chi connectivity index (χ0) is 13.1. The van der Waals surface area contributed by atoms with Gasteiger partial charge in [-0.25, -0.2) is 0 Å². The number of carbonyl (C=O) groups excluding carboxylic acids is 1. The van der Waals surface area contributed by atoms with Crippen molar-refractivity contribution in [3.63, 3.8) is 0 Å². The fraction of sp³-hybridized carbons (Fsp3) is 0.714. The van der Waals surface area contributed by atoms with E-state index in [9.17, 15) is 4.79 Å². The van der Waals surface area contributed by atoms with E-state index in [-0.39, 0.29) is 5.91 Å². The second-order valence-electron chi connectivity index (χ2n) is 5.23. The molecule has 1 fully saturated rings. The summed E-state index contributed by atoms with van der Waals surface area (Å²) in [6.07, 6.45) is 4.82. The Labute approximate surface area is 108 Å². The van der Waals surface area contributed by atoms with Crippen molar-refractivity contribution in [2.45, 2.75) is 58.9 Å². The van der Waals surface area contributed by atoms with E-state index < -0.39 is 0 Å². The van der Waals surface area contributed by atoms with Crippen molar-refractivity contribution in [3.8, 4) is 0 Å². The minimum absolute atomic E-state index is 0.266. The molecule has 1 unspecified atom stereocenters. The fourth-order valence-electron chi connectivity index (χ4n) is 2.70. The summed E-state index contributed by atoms with van der Waals surface area (Å²) in [6.45, 7) is 6.90. The molecule has 4 nitrogen and oxygen atoms in total. The van der Waals surface area contributed by atoms with E-state index >= 15 is 0 Å². The van der Waals surface area contributed by atoms with Crippen molar-refractivity contribution < 1.29 is 9.32 Å². The monoisotopic (exact) mass is 250 g/mol. The first-order valence-electron chi connectivity index (χ1n) is 6.81. The van der Waals surface area contributed by atoms with Crippen molar-refractivity contribution in [2.75, 3.05) is 6.54 Å². The van der Waals surface area contributed by atoms with Crippen LogP contribution in [0.15, 0.2) is 4.52 Å². The average molecular weight is 250 g/mol. The lowest BCUT2D eigenvalue weighted by molar-refractivity contribution is -0.134. The first-order chi connectivity index (χ1) is 8.59. The molecule has 18 heavy (non-hydrogen) atoms. The van der Waals surface area contributed by atoms with Crippen molar-refractivity contribution in [3.05, 3.63) is 17.0 Å². The van der Waals surface area contributed by atoms with Crippen LogP contribution in [0.3, 0.4) is 0 Å². The molecule has 0 aliphatic carbocycles. The predicted molar refractivity (Wildman–Crippen MR) is 69.3 cm³/mol. The van der Waals surface area contributed by atoms with E-state index in [4.69, 9.17) is 4.52 Å². The number of hydrogen-bond donors (Lipinski definition) is 0. The summed E-state index contributed by atoms with van der Waals surface area (Å²) in [4.78, 5) is 14.2. The number of amides is 1. The number of carbonyl (C=O) groups is 1. The maximum atomic E-state index is 12.2. The second-order valence-corrected chi connectivity index (χ2v) is 5.23. The standard InChI is InChI=1S/C14H22N2O2/c1-10-6-4-5-9-16(10)14(17)8-7-13-11(2)15-18-12(13)3/h10H,4-9H2,1-3H3. The Morgan fingerprint density at radius 1 is 1.44 bits per heavy atom. The minimum atomic E-state index is 0.266. The van der Waals surface area contributed by atoms with Gasteiger partial charge in [-0.2, -0.15) is 0 Å². The van der Waals surface area contributed by atoms with E-state index in [0.717, 1.165) is 42.8 Å². The largest absolute Gasteiger partial charge is 0.361 e. The Bertz CT molecular complexity index is 406. The molecule has 0 aromatic carbocycles. The van der Waals surface area contributed by atoms with Crippen molar-refractivity contribution in [1.29, 1.82) is 0 Å². The first-order valence-corrected chi connectivity index (χ1v) is 6.81. The number of hydrogen-bond acceptors (Lipinski definition) is 3. The van der Waals surface area contributed by atoms with E-state index in [0.29, 0.717) is 12.5 Å². The van der Waals surface area contributed by atoms with E-state index in [1.54, 1.807) is 0 Å². The Balaban J connectivity index is 1.92. The summed E-state index contributed by atoms with van der Waals surface area (Å²) >= 11 is 0. The number of rotatable bonds is 3. The highest BCUT2D eigenvalue weighted by atomic mass is 16.5. The first kappa shape index (κ1) is 13.1. The van der Waals surface area contributed by atoms with Gasteiger partial charge >= 0.3 is 0 Å². The number of aromatic nitrogens is 1. The number of nitrogens with zero attached hydrogens (tertiary/aromatic N) is 2. The van der Waals surface area contributed by atoms with Crippen LogP contribution in [0.5, 0.6) is 0 Å². The quantitative estimate of drug-likeness (QED) is 0.828. The fourth-order valence-corrected chi connectivity index (χ4v) is 2.70. The predicted octanol–water partition coefficient (Wildman–Crippen LogP) is 2.63. The molecule has 1 atom stereocenters. The van der Waals surface area contributed by atoms with Gasteiger partial charge < -0.3 is 9.42 Å². The van der Waals surface area contributed by atoms with Gasteiger partial charge in [-0.3, -0.25) is 4.79 Å². The summed E-state index contributed by atoms with van der Waals surface area (Å²) < 4.78 is 5.12. The van der Waals surface area contributed by atoms with Gasteiger partial charge in [0.05, 0.1) is 5.69 Å². The summed E-state index contributed by atoms with van der Waals surface area (Å²) in [5.74, 6) is 1.11. The van der Waals surface area contributed by atoms with Crippen molar-refractivity contribution in [2.24, 2.45) is 0 Å². The molecule has 0 radical (unpaired) electrons. The molecule has 0 saturated carbocycles. The molecule has 1 aliphatic heterocycles. The van der Waals surface area contributed by atoms with Gasteiger partial charge in [0.15, 0.2) is 0 Å². The van der Waals surface area contributed by atoms with E-state index in [2.05, 4.69) is 12.1 Å². The number of aryl methyl sites for hydroxylation is 2. The summed E-state index contributed by atoms with van der Waals surface area (Å²) in [6, 6.07) is 0.399. The maximum Gasteiger partial charge on any atom is 0.223 e. The summed E-state index contributed by atoms with van der Waals surface area (Å²) in [5.41, 5.74) is 2.00. The maximum absolute atomic E-state index is 12.2. The van der Waals surface area contributed by atoms with Gasteiger partial charge in [-0.15, -0.1) is 0 Å². The third kappa shape index (κ3) is 2.74. The van der Waals surface area contributed by atoms with E-state index in [1.807, 2.05) is 18.7 Å². The smallest absolute Gasteiger partial charge is 0.223 e. The molecule has 1 aromatic rings. The zero-order valence-corrected chi connectivity index (χ0v) is 11.5. The molecule has 0 N–H and O–H groups in total. The molecule has 2 heterocycles. The molecule has 2 rings (SSSR count). The van der Waals surface area contributed by atoms with Crippen LogP contribution in [-0.2, 0) is 11.2 Å². The highest BCUT2D eigenvalue weighted by molar-refractivity contribution is 5.77. The lowest BCUT2D eigenvalue weighted by atomic mass is 10.0. The molecular formula is C14H22N2O2. The van der Waals surface area contributed by atoms with E-state index in [1.165, 1.54) is 6.42 Å². The van der Waals surface area contributed by atoms with Crippen molar-refractivity contribution >= 4 is 5.91 Å². The summed E-state index contributed by atoms with van der Waals surface area (Å²) in [7, 11) is 0. The van der Waals surface area contributed by atoms with Gasteiger partial charge in [-0.05, 0) is 46.5 Å². The van der Waals surface area contributed by atoms with Crippen LogP contribution < -0.4 is 0 Å². The number of piperidine rings is 1. The highest BCUT2D eigenvalue weighted by Crippen LogP contribution is 2.19. The van der Waals surface area contributed by atoms with Crippen LogP contribution in [0.1, 0.15) is 49.6 Å². The van der Waals surface area contributed by atoms with Gasteiger partial charge in [-0.1, -0.05) is 5.16 Å². The molecule has 0 bridgehead atoms. The van der Waals surface area contributed by atoms with Gasteiger partial charge in [0.25, 0.3) is 0 Å². The Morgan fingerprint density at radius 2 is 2.22 bits per heavy atom. The summed E-state index contributed by atoms with van der Waals surface area (Å²) in [5, 5.41) is 3.92. The Hall–Kier alpha value is -1.32. The second kappa shape index (κ2) is 5.55. The minimum Gasteiger partial charge on any atom is -0.361 e. The van der Waals surface area contributed by atoms with Gasteiger partial charge in [0.2, 0.25) is 5.91 Å². The Morgan fingerprint density at radius 3 is 2.83 bits per heavy atom. The van der Waals surface area contributed by atoms with Crippen LogP contribution in [0.2, 0.25) is 0 Å². The molecular weight excluding hydrogens is 228 g/mol. The lowest BCUT2D eigenvalue weighted by Gasteiger charge is -2.33. The van der Waals surface area contributed by atoms with Crippen LogP contribution >= 0.6 is 0 Å². The van der Waals surface area contributed by atoms with Crippen LogP contribution in [0.25, 0.3) is 0 Å². The highest BCUT2D eigenvalue weighted by Gasteiger charge is 2.23. The molecule has 100 valence electrons. The zero-order valence-electron chi connectivity index (χ0n) is 11.5. The average Bonchev–Trinajstić information content (AvgIpc) is 2.67. The number of likely N-dealkylation sites (tertiary alicyclic amines) is 1. The Kier molecular flexibility index (Phi) is 4.04. The molecule has 4 heteroatoms. The van der Waals surface area contributed by atoms with Crippen LogP contribution in [0.4, 0.5) is 0 Å². The van der Waals surface area contributed by atoms with Gasteiger partial charge in [0.1, 0.15) is 5.76 Å². The van der Waals surface area contributed by atoms with Gasteiger partial charge in [0, 0.05) is 24.6 Å². The van der Waals surface area contributed by atoms with Crippen molar-refractivity contribution in [1.82, 2.24) is 10.1 Å². The third-order valence-corrected chi connectivity index (χ3v) is 3.89. The molecule has 1 saturated heterocycles. The third-order valence-electron chi connectivity index (χ3n) is 3.89. The lowest BCUT2D eigenvalue weighted by Crippen LogP contribution is -2.42. The SMILES string of the molecule is Cc1noc(C)c1CCC(=O)N1CCCCC1C. The molecule has 0 spiro atoms. The van der Waals surface area contributed by atoms with Crippen LogP contribution in [-0.4, -0.2) is 28.6 Å². The normalized spacial score (nSPS) is 20.2. The molecule has 1 aromatic heterocycles. The van der Waals surface area contributed by atoms with Crippen LogP contribution in [0, 0.1) is 13.8 Å². The molecule has 1 amide bonds.